The van der Waals surface area contributed by atoms with Crippen molar-refractivity contribution in [1.29, 1.82) is 0 Å². The molecule has 1 aromatic heterocycles. The van der Waals surface area contributed by atoms with Crippen LogP contribution in [0.2, 0.25) is 0 Å². The smallest absolute Gasteiger partial charge is 0.338 e. The molecule has 1 aliphatic rings. The molecule has 4 N–H and O–H groups in total. The number of hydrogen-bond donors (Lipinski definition) is 4. The van der Waals surface area contributed by atoms with Gasteiger partial charge in [0.1, 0.15) is 5.00 Å². The molecule has 20 heavy (non-hydrogen) atoms. The highest BCUT2D eigenvalue weighted by atomic mass is 32.1. The predicted octanol–water partition coefficient (Wildman–Crippen LogP) is 2.10. The molecule has 0 saturated heterocycles. The van der Waals surface area contributed by atoms with Crippen molar-refractivity contribution in [3.05, 3.63) is 16.0 Å². The number of amides is 2. The van der Waals surface area contributed by atoms with Crippen LogP contribution in [-0.4, -0.2) is 34.4 Å². The maximum absolute atomic E-state index is 12.0. The average molecular weight is 298 g/mol. The summed E-state index contributed by atoms with van der Waals surface area (Å²) >= 11 is 1.24. The van der Waals surface area contributed by atoms with Crippen molar-refractivity contribution in [2.75, 3.05) is 11.9 Å². The molecule has 0 aliphatic heterocycles. The minimum absolute atomic E-state index is 0.102. The van der Waals surface area contributed by atoms with Gasteiger partial charge in [-0.1, -0.05) is 0 Å². The predicted molar refractivity (Wildman–Crippen MR) is 76.6 cm³/mol. The third kappa shape index (κ3) is 2.64. The summed E-state index contributed by atoms with van der Waals surface area (Å²) in [4.78, 5) is 24.1. The van der Waals surface area contributed by atoms with Crippen LogP contribution in [0.25, 0.3) is 0 Å². The van der Waals surface area contributed by atoms with Gasteiger partial charge in [0.25, 0.3) is 0 Å². The van der Waals surface area contributed by atoms with Crippen LogP contribution in [0.15, 0.2) is 0 Å². The number of urea groups is 1. The molecular formula is C13H18N2O4S. The van der Waals surface area contributed by atoms with E-state index in [0.717, 1.165) is 24.1 Å². The Morgan fingerprint density at radius 1 is 1.35 bits per heavy atom. The second kappa shape index (κ2) is 5.41. The number of hydrogen-bond acceptors (Lipinski definition) is 4. The second-order valence-corrected chi connectivity index (χ2v) is 6.39. The van der Waals surface area contributed by atoms with E-state index < -0.39 is 17.5 Å². The van der Waals surface area contributed by atoms with Gasteiger partial charge in [0, 0.05) is 4.88 Å². The summed E-state index contributed by atoms with van der Waals surface area (Å²) in [5, 5.41) is 24.2. The summed E-state index contributed by atoms with van der Waals surface area (Å²) in [7, 11) is 0. The van der Waals surface area contributed by atoms with Gasteiger partial charge >= 0.3 is 12.0 Å². The Bertz CT molecular complexity index is 543. The Hall–Kier alpha value is -1.60. The third-order valence-electron chi connectivity index (χ3n) is 3.82. The molecule has 1 aliphatic carbocycles. The summed E-state index contributed by atoms with van der Waals surface area (Å²) < 4.78 is 0. The molecular weight excluding hydrogens is 280 g/mol. The van der Waals surface area contributed by atoms with Crippen LogP contribution < -0.4 is 10.6 Å². The molecule has 1 fully saturated rings. The molecule has 1 aromatic rings. The average Bonchev–Trinajstić information content (AvgIpc) is 2.59. The van der Waals surface area contributed by atoms with Crippen LogP contribution in [0, 0.1) is 13.8 Å². The van der Waals surface area contributed by atoms with Gasteiger partial charge in [0.05, 0.1) is 17.7 Å². The van der Waals surface area contributed by atoms with E-state index in [1.54, 1.807) is 6.92 Å². The lowest BCUT2D eigenvalue weighted by Gasteiger charge is -2.40. The zero-order valence-corrected chi connectivity index (χ0v) is 12.3. The number of nitrogens with one attached hydrogen (secondary N) is 2. The Labute approximate surface area is 120 Å². The Balaban J connectivity index is 2.12. The van der Waals surface area contributed by atoms with Gasteiger partial charge in [-0.25, -0.2) is 9.59 Å². The highest BCUT2D eigenvalue weighted by Crippen LogP contribution is 2.34. The monoisotopic (exact) mass is 298 g/mol. The molecule has 0 bridgehead atoms. The first-order chi connectivity index (χ1) is 9.38. The number of aliphatic hydroxyl groups excluding tert-OH is 1. The summed E-state index contributed by atoms with van der Waals surface area (Å²) in [5.74, 6) is -1.05. The Kier molecular flexibility index (Phi) is 4.01. The number of carboxylic acid groups (broad SMARTS) is 1. The molecule has 0 spiro atoms. The number of aromatic carboxylic acids is 1. The van der Waals surface area contributed by atoms with Crippen LogP contribution in [-0.2, 0) is 0 Å². The van der Waals surface area contributed by atoms with Crippen molar-refractivity contribution >= 4 is 28.3 Å². The highest BCUT2D eigenvalue weighted by Gasteiger charge is 2.38. The molecule has 0 radical (unpaired) electrons. The second-order valence-electron chi connectivity index (χ2n) is 5.16. The van der Waals surface area contributed by atoms with Gasteiger partial charge in [-0.3, -0.25) is 5.32 Å². The fourth-order valence-electron chi connectivity index (χ4n) is 2.27. The van der Waals surface area contributed by atoms with Crippen LogP contribution >= 0.6 is 11.3 Å². The molecule has 1 heterocycles. The first kappa shape index (κ1) is 14.8. The Morgan fingerprint density at radius 3 is 2.45 bits per heavy atom. The maximum atomic E-state index is 12.0. The number of carbonyl (C=O) groups is 2. The van der Waals surface area contributed by atoms with Crippen molar-refractivity contribution in [2.24, 2.45) is 0 Å². The standard InChI is InChI=1S/C13H18N2O4S/c1-7-8(2)20-10(9(7)11(17)18)14-12(19)15-13(6-16)4-3-5-13/h16H,3-6H2,1-2H3,(H,17,18)(H2,14,15,19). The van der Waals surface area contributed by atoms with Gasteiger partial charge < -0.3 is 15.5 Å². The maximum Gasteiger partial charge on any atom is 0.338 e. The van der Waals surface area contributed by atoms with E-state index in [1.807, 2.05) is 6.92 Å². The van der Waals surface area contributed by atoms with Gasteiger partial charge in [-0.15, -0.1) is 11.3 Å². The van der Waals surface area contributed by atoms with Crippen molar-refractivity contribution < 1.29 is 19.8 Å². The van der Waals surface area contributed by atoms with Gasteiger partial charge in [0.15, 0.2) is 0 Å². The molecule has 0 unspecified atom stereocenters. The van der Waals surface area contributed by atoms with Gasteiger partial charge in [0.2, 0.25) is 0 Å². The van der Waals surface area contributed by atoms with E-state index in [0.29, 0.717) is 10.6 Å². The normalized spacial score (nSPS) is 16.4. The van der Waals surface area contributed by atoms with Crippen LogP contribution in [0.4, 0.5) is 9.80 Å². The van der Waals surface area contributed by atoms with E-state index >= 15 is 0 Å². The lowest BCUT2D eigenvalue weighted by atomic mass is 9.77. The zero-order valence-electron chi connectivity index (χ0n) is 11.4. The number of anilines is 1. The number of aryl methyl sites for hydroxylation is 1. The molecule has 0 aromatic carbocycles. The SMILES string of the molecule is Cc1sc(NC(=O)NC2(CO)CCC2)c(C(=O)O)c1C. The largest absolute Gasteiger partial charge is 0.478 e. The Morgan fingerprint density at radius 2 is 2.00 bits per heavy atom. The molecule has 2 rings (SSSR count). The lowest BCUT2D eigenvalue weighted by Crippen LogP contribution is -2.57. The van der Waals surface area contributed by atoms with Gasteiger partial charge in [-0.05, 0) is 38.7 Å². The van der Waals surface area contributed by atoms with E-state index in [1.165, 1.54) is 11.3 Å². The molecule has 1 saturated carbocycles. The van der Waals surface area contributed by atoms with E-state index in [2.05, 4.69) is 10.6 Å². The van der Waals surface area contributed by atoms with Crippen molar-refractivity contribution in [3.63, 3.8) is 0 Å². The number of rotatable bonds is 4. The summed E-state index contributed by atoms with van der Waals surface area (Å²) in [6.07, 6.45) is 2.45. The third-order valence-corrected chi connectivity index (χ3v) is 4.94. The van der Waals surface area contributed by atoms with Crippen LogP contribution in [0.3, 0.4) is 0 Å². The lowest BCUT2D eigenvalue weighted by molar-refractivity contribution is 0.0697. The highest BCUT2D eigenvalue weighted by molar-refractivity contribution is 7.16. The molecule has 6 nitrogen and oxygen atoms in total. The summed E-state index contributed by atoms with van der Waals surface area (Å²) in [6, 6.07) is -0.470. The van der Waals surface area contributed by atoms with E-state index in [4.69, 9.17) is 0 Å². The number of thiophene rings is 1. The minimum Gasteiger partial charge on any atom is -0.478 e. The summed E-state index contributed by atoms with van der Waals surface area (Å²) in [6.45, 7) is 3.44. The summed E-state index contributed by atoms with van der Waals surface area (Å²) in [5.41, 5.74) is 0.252. The van der Waals surface area contributed by atoms with Crippen LogP contribution in [0.1, 0.15) is 40.1 Å². The molecule has 7 heteroatoms. The fraction of sp³-hybridized carbons (Fsp3) is 0.538. The minimum atomic E-state index is -1.05. The first-order valence-electron chi connectivity index (χ1n) is 6.42. The van der Waals surface area contributed by atoms with Crippen LogP contribution in [0.5, 0.6) is 0 Å². The number of aliphatic hydroxyl groups is 1. The molecule has 110 valence electrons. The molecule has 2 amide bonds. The zero-order chi connectivity index (χ0) is 14.9. The topological polar surface area (TPSA) is 98.7 Å². The van der Waals surface area contributed by atoms with E-state index in [9.17, 15) is 19.8 Å². The quantitative estimate of drug-likeness (QED) is 0.684. The molecule has 0 atom stereocenters. The van der Waals surface area contributed by atoms with E-state index in [-0.39, 0.29) is 12.2 Å². The fourth-order valence-corrected chi connectivity index (χ4v) is 3.32. The van der Waals surface area contributed by atoms with Crippen molar-refractivity contribution in [2.45, 2.75) is 38.6 Å². The van der Waals surface area contributed by atoms with Crippen molar-refractivity contribution in [1.82, 2.24) is 5.32 Å². The first-order valence-corrected chi connectivity index (χ1v) is 7.23. The van der Waals surface area contributed by atoms with Crippen molar-refractivity contribution in [3.8, 4) is 0 Å². The number of carboxylic acids is 1. The number of carbonyl (C=O) groups excluding carboxylic acids is 1. The van der Waals surface area contributed by atoms with Gasteiger partial charge in [-0.2, -0.15) is 0 Å².